The Bertz CT molecular complexity index is 1540. The number of ether oxygens (including phenoxy) is 2. The summed E-state index contributed by atoms with van der Waals surface area (Å²) in [7, 11) is -2.31. The number of nitrogens with one attached hydrogen (secondary N) is 1. The summed E-state index contributed by atoms with van der Waals surface area (Å²) < 4.78 is 68.6. The zero-order chi connectivity index (χ0) is 28.2. The number of carbonyl (C=O) groups is 1. The van der Waals surface area contributed by atoms with Crippen LogP contribution >= 0.6 is 11.3 Å². The fourth-order valence-corrected chi connectivity index (χ4v) is 7.19. The molecular formula is C24H29F2N7O5S2. The van der Waals surface area contributed by atoms with E-state index in [1.165, 1.54) is 16.8 Å². The zero-order valence-electron chi connectivity index (χ0n) is 21.9. The second-order valence-corrected chi connectivity index (χ2v) is 13.4. The number of morpholine rings is 1. The molecule has 5 heterocycles. The number of pyridine rings is 1. The summed E-state index contributed by atoms with van der Waals surface area (Å²) in [6.07, 6.45) is 0.906. The third-order valence-electron chi connectivity index (χ3n) is 7.46. The van der Waals surface area contributed by atoms with Crippen molar-refractivity contribution in [3.8, 4) is 10.8 Å². The first-order valence-corrected chi connectivity index (χ1v) is 15.2. The summed E-state index contributed by atoms with van der Waals surface area (Å²) >= 11 is 0.695. The third kappa shape index (κ3) is 5.18. The van der Waals surface area contributed by atoms with E-state index in [0.29, 0.717) is 54.7 Å². The van der Waals surface area contributed by atoms with Gasteiger partial charge in [0, 0.05) is 44.4 Å². The van der Waals surface area contributed by atoms with Gasteiger partial charge in [0.2, 0.25) is 10.0 Å². The molecule has 1 aliphatic carbocycles. The van der Waals surface area contributed by atoms with E-state index in [1.54, 1.807) is 18.1 Å². The fraction of sp³-hybridized carbons (Fsp3) is 0.583. The number of anilines is 1. The molecule has 1 atom stereocenters. The first kappa shape index (κ1) is 27.4. The monoisotopic (exact) mass is 597 g/mol. The van der Waals surface area contributed by atoms with Crippen molar-refractivity contribution in [1.82, 2.24) is 29.2 Å². The van der Waals surface area contributed by atoms with Gasteiger partial charge in [0.05, 0.1) is 37.2 Å². The van der Waals surface area contributed by atoms with Gasteiger partial charge in [-0.15, -0.1) is 10.2 Å². The van der Waals surface area contributed by atoms with Gasteiger partial charge >= 0.3 is 0 Å². The summed E-state index contributed by atoms with van der Waals surface area (Å²) in [6.45, 7) is 4.52. The lowest BCUT2D eigenvalue weighted by molar-refractivity contribution is -0.152. The van der Waals surface area contributed by atoms with Crippen LogP contribution in [-0.2, 0) is 24.3 Å². The lowest BCUT2D eigenvalue weighted by Crippen LogP contribution is -2.58. The smallest absolute Gasteiger partial charge is 0.291 e. The molecule has 1 amide bonds. The van der Waals surface area contributed by atoms with Crippen LogP contribution in [0.15, 0.2) is 23.4 Å². The molecule has 1 N–H and O–H groups in total. The van der Waals surface area contributed by atoms with E-state index in [2.05, 4.69) is 19.9 Å². The van der Waals surface area contributed by atoms with E-state index in [1.807, 2.05) is 11.8 Å². The van der Waals surface area contributed by atoms with E-state index in [0.717, 1.165) is 12.8 Å². The Hall–Kier alpha value is -2.79. The van der Waals surface area contributed by atoms with Gasteiger partial charge in [-0.3, -0.25) is 9.20 Å². The van der Waals surface area contributed by atoms with Crippen LogP contribution in [0.1, 0.15) is 31.2 Å². The largest absolute Gasteiger partial charge is 0.384 e. The average Bonchev–Trinajstić information content (AvgIpc) is 3.28. The molecule has 16 heteroatoms. The van der Waals surface area contributed by atoms with Crippen LogP contribution in [0.4, 0.5) is 14.5 Å². The SMILES string of the molecule is COCC1CN(C(=O)[C@@H]2CN(c3cc(S(=O)(=O)NC4(C)CC4)cn4c(-c5nnc(C(F)F)s5)ncc34)CCO2)C1. The number of halogens is 2. The maximum atomic E-state index is 13.4. The first-order chi connectivity index (χ1) is 19.1. The Kier molecular flexibility index (Phi) is 7.01. The summed E-state index contributed by atoms with van der Waals surface area (Å²) in [5, 5.41) is 7.11. The average molecular weight is 598 g/mol. The minimum absolute atomic E-state index is 0.0134. The van der Waals surface area contributed by atoms with Crippen LogP contribution in [0.5, 0.6) is 0 Å². The Labute approximate surface area is 233 Å². The minimum atomic E-state index is -3.94. The number of rotatable bonds is 9. The summed E-state index contributed by atoms with van der Waals surface area (Å²) in [5.74, 6) is 0.371. The topological polar surface area (TPSA) is 131 Å². The molecule has 0 bridgehead atoms. The summed E-state index contributed by atoms with van der Waals surface area (Å²) in [5.41, 5.74) is 0.562. The molecule has 0 spiro atoms. The molecule has 3 aliphatic rings. The van der Waals surface area contributed by atoms with Gasteiger partial charge in [-0.2, -0.15) is 0 Å². The Morgan fingerprint density at radius 2 is 2.08 bits per heavy atom. The van der Waals surface area contributed by atoms with Gasteiger partial charge in [0.1, 0.15) is 4.90 Å². The third-order valence-corrected chi connectivity index (χ3v) is 9.99. The molecule has 12 nitrogen and oxygen atoms in total. The molecule has 2 saturated heterocycles. The van der Waals surface area contributed by atoms with Crippen LogP contribution in [0, 0.1) is 5.92 Å². The van der Waals surface area contributed by atoms with Crippen molar-refractivity contribution < 1.29 is 31.5 Å². The fourth-order valence-electron chi connectivity index (χ4n) is 5.01. The predicted molar refractivity (Wildman–Crippen MR) is 141 cm³/mol. The Morgan fingerprint density at radius 1 is 1.30 bits per heavy atom. The maximum absolute atomic E-state index is 13.4. The number of aromatic nitrogens is 4. The summed E-state index contributed by atoms with van der Waals surface area (Å²) in [6, 6.07) is 1.56. The van der Waals surface area contributed by atoms with Gasteiger partial charge in [0.15, 0.2) is 21.9 Å². The number of likely N-dealkylation sites (tertiary alicyclic amines) is 1. The van der Waals surface area contributed by atoms with Gasteiger partial charge in [-0.1, -0.05) is 11.3 Å². The normalized spacial score (nSPS) is 21.3. The van der Waals surface area contributed by atoms with Crippen LogP contribution < -0.4 is 9.62 Å². The van der Waals surface area contributed by atoms with Gasteiger partial charge < -0.3 is 19.3 Å². The van der Waals surface area contributed by atoms with Gasteiger partial charge in [0.25, 0.3) is 12.3 Å². The standard InChI is InChI=1S/C24H29F2N7O5S2/c1-24(3-4-24)30-40(35,36)15-7-16(17-8-27-20(33(17)11-15)22-29-28-21(39-22)19(25)26)31-5-6-38-18(12-31)23(34)32-9-14(10-32)13-37-2/h7-8,11,14,18-19,30H,3-6,9-10,12-13H2,1-2H3/t18-/m0/s1. The quantitative estimate of drug-likeness (QED) is 0.393. The molecule has 3 aromatic heterocycles. The highest BCUT2D eigenvalue weighted by molar-refractivity contribution is 7.89. The lowest BCUT2D eigenvalue weighted by Gasteiger charge is -2.42. The van der Waals surface area contributed by atoms with Crippen molar-refractivity contribution in [2.75, 3.05) is 51.4 Å². The van der Waals surface area contributed by atoms with Crippen molar-refractivity contribution in [2.45, 2.75) is 42.7 Å². The molecule has 0 aromatic carbocycles. The van der Waals surface area contributed by atoms with E-state index in [-0.39, 0.29) is 34.8 Å². The minimum Gasteiger partial charge on any atom is -0.384 e. The molecule has 3 fully saturated rings. The number of hydrogen-bond acceptors (Lipinski definition) is 10. The molecule has 0 unspecified atom stereocenters. The van der Waals surface area contributed by atoms with E-state index >= 15 is 0 Å². The Morgan fingerprint density at radius 3 is 2.75 bits per heavy atom. The number of nitrogens with zero attached hydrogens (tertiary/aromatic N) is 6. The second-order valence-electron chi connectivity index (χ2n) is 10.7. The van der Waals surface area contributed by atoms with Gasteiger partial charge in [-0.25, -0.2) is 26.9 Å². The summed E-state index contributed by atoms with van der Waals surface area (Å²) in [4.78, 5) is 21.2. The molecule has 2 aliphatic heterocycles. The van der Waals surface area contributed by atoms with E-state index in [9.17, 15) is 22.0 Å². The molecule has 6 rings (SSSR count). The molecular weight excluding hydrogens is 568 g/mol. The van der Waals surface area contributed by atoms with E-state index in [4.69, 9.17) is 9.47 Å². The number of imidazole rings is 1. The predicted octanol–water partition coefficient (Wildman–Crippen LogP) is 1.93. The van der Waals surface area contributed by atoms with Crippen LogP contribution in [0.2, 0.25) is 0 Å². The highest BCUT2D eigenvalue weighted by atomic mass is 32.2. The number of sulfonamides is 1. The lowest BCUT2D eigenvalue weighted by atomic mass is 10.00. The zero-order valence-corrected chi connectivity index (χ0v) is 23.6. The van der Waals surface area contributed by atoms with Crippen molar-refractivity contribution in [3.63, 3.8) is 0 Å². The van der Waals surface area contributed by atoms with Crippen molar-refractivity contribution in [1.29, 1.82) is 0 Å². The molecule has 0 radical (unpaired) electrons. The highest BCUT2D eigenvalue weighted by Crippen LogP contribution is 2.38. The molecule has 1 saturated carbocycles. The number of alkyl halides is 2. The van der Waals surface area contributed by atoms with Crippen LogP contribution in [0.25, 0.3) is 16.3 Å². The second kappa shape index (κ2) is 10.2. The molecule has 40 heavy (non-hydrogen) atoms. The van der Waals surface area contributed by atoms with Crippen molar-refractivity contribution in [2.24, 2.45) is 5.92 Å². The van der Waals surface area contributed by atoms with Crippen molar-refractivity contribution >= 4 is 38.5 Å². The number of hydrogen-bond donors (Lipinski definition) is 1. The van der Waals surface area contributed by atoms with E-state index < -0.39 is 33.1 Å². The van der Waals surface area contributed by atoms with Gasteiger partial charge in [-0.05, 0) is 25.8 Å². The number of methoxy groups -OCH3 is 1. The maximum Gasteiger partial charge on any atom is 0.291 e. The number of fused-ring (bicyclic) bond motifs is 1. The van der Waals surface area contributed by atoms with Crippen LogP contribution in [-0.4, -0.2) is 97.0 Å². The number of amides is 1. The molecule has 3 aromatic rings. The van der Waals surface area contributed by atoms with Crippen LogP contribution in [0.3, 0.4) is 0 Å². The highest BCUT2D eigenvalue weighted by Gasteiger charge is 2.42. The first-order valence-electron chi connectivity index (χ1n) is 12.9. The van der Waals surface area contributed by atoms with Crippen molar-refractivity contribution in [3.05, 3.63) is 23.5 Å². The molecule has 216 valence electrons. The number of carbonyl (C=O) groups excluding carboxylic acids is 1. The Balaban J connectivity index is 1.36.